The lowest BCUT2D eigenvalue weighted by Crippen LogP contribution is -2.67. The Labute approximate surface area is 147 Å². The molecule has 9 heteroatoms. The van der Waals surface area contributed by atoms with Gasteiger partial charge in [0.2, 0.25) is 0 Å². The maximum absolute atomic E-state index is 14.0. The summed E-state index contributed by atoms with van der Waals surface area (Å²) < 4.78 is 46.9. The number of halogens is 3. The first-order chi connectivity index (χ1) is 12.1. The molecular formula is C17H17F3N2O4. The SMILES string of the molecule is CCOC(=O)C1=C(c2ccccc2)NC(=O)N[C@]1(CC(C)=O)C(F)(F)F. The standard InChI is InChI=1S/C17H17F3N2O4/c1-3-26-14(24)12-13(11-7-5-4-6-8-11)21-15(25)22-16(12,9-10(2)23)17(18,19)20/h4-8H,3,9H2,1-2H3,(H2,21,22,25)/t16-/m0/s1. The number of esters is 1. The Bertz CT molecular complexity index is 759. The van der Waals surface area contributed by atoms with Crippen LogP contribution >= 0.6 is 0 Å². The van der Waals surface area contributed by atoms with E-state index in [9.17, 15) is 27.6 Å². The minimum Gasteiger partial charge on any atom is -0.463 e. The summed E-state index contributed by atoms with van der Waals surface area (Å²) in [5, 5.41) is 3.98. The summed E-state index contributed by atoms with van der Waals surface area (Å²) in [5.74, 6) is -2.11. The Kier molecular flexibility index (Phi) is 5.38. The van der Waals surface area contributed by atoms with E-state index >= 15 is 0 Å². The summed E-state index contributed by atoms with van der Waals surface area (Å²) in [5.41, 5.74) is -4.19. The van der Waals surface area contributed by atoms with E-state index in [1.54, 1.807) is 23.5 Å². The van der Waals surface area contributed by atoms with Gasteiger partial charge in [-0.05, 0) is 19.4 Å². The normalized spacial score (nSPS) is 20.3. The largest absolute Gasteiger partial charge is 0.463 e. The molecule has 1 aromatic rings. The van der Waals surface area contributed by atoms with E-state index in [1.165, 1.54) is 19.1 Å². The average molecular weight is 370 g/mol. The highest BCUT2D eigenvalue weighted by Crippen LogP contribution is 2.43. The number of ketones is 1. The maximum Gasteiger partial charge on any atom is 0.416 e. The van der Waals surface area contributed by atoms with Gasteiger partial charge in [-0.1, -0.05) is 30.3 Å². The lowest BCUT2D eigenvalue weighted by molar-refractivity contribution is -0.189. The molecule has 1 aliphatic rings. The van der Waals surface area contributed by atoms with Crippen LogP contribution in [0, 0.1) is 0 Å². The minimum atomic E-state index is -5.11. The smallest absolute Gasteiger partial charge is 0.416 e. The Morgan fingerprint density at radius 2 is 1.81 bits per heavy atom. The van der Waals surface area contributed by atoms with Gasteiger partial charge in [-0.2, -0.15) is 13.2 Å². The Hall–Kier alpha value is -2.84. The molecule has 0 aromatic heterocycles. The fourth-order valence-corrected chi connectivity index (χ4v) is 2.80. The fraction of sp³-hybridized carbons (Fsp3) is 0.353. The quantitative estimate of drug-likeness (QED) is 0.781. The molecule has 1 aliphatic heterocycles. The number of hydrogen-bond acceptors (Lipinski definition) is 4. The Morgan fingerprint density at radius 1 is 1.19 bits per heavy atom. The van der Waals surface area contributed by atoms with Crippen molar-refractivity contribution < 1.29 is 32.3 Å². The number of amides is 2. The number of Topliss-reactive ketones (excluding diaryl/α,β-unsaturated/α-hetero) is 1. The first kappa shape index (κ1) is 19.5. The molecule has 0 aliphatic carbocycles. The van der Waals surface area contributed by atoms with Crippen LogP contribution in [-0.2, 0) is 14.3 Å². The molecule has 26 heavy (non-hydrogen) atoms. The van der Waals surface area contributed by atoms with Gasteiger partial charge in [0.1, 0.15) is 5.78 Å². The maximum atomic E-state index is 14.0. The van der Waals surface area contributed by atoms with Crippen LogP contribution in [0.1, 0.15) is 25.8 Å². The predicted octanol–water partition coefficient (Wildman–Crippen LogP) is 2.55. The Balaban J connectivity index is 2.84. The van der Waals surface area contributed by atoms with E-state index in [4.69, 9.17) is 4.74 Å². The highest BCUT2D eigenvalue weighted by atomic mass is 19.4. The van der Waals surface area contributed by atoms with Crippen molar-refractivity contribution in [2.24, 2.45) is 0 Å². The van der Waals surface area contributed by atoms with Crippen LogP contribution in [-0.4, -0.2) is 36.1 Å². The molecule has 0 saturated carbocycles. The molecule has 2 N–H and O–H groups in total. The number of nitrogens with one attached hydrogen (secondary N) is 2. The number of urea groups is 1. The molecule has 2 rings (SSSR count). The molecule has 0 bridgehead atoms. The molecule has 2 amide bonds. The summed E-state index contributed by atoms with van der Waals surface area (Å²) in [4.78, 5) is 36.0. The van der Waals surface area contributed by atoms with Gasteiger partial charge in [-0.15, -0.1) is 0 Å². The van der Waals surface area contributed by atoms with Gasteiger partial charge in [-0.25, -0.2) is 9.59 Å². The van der Waals surface area contributed by atoms with Gasteiger partial charge in [-0.3, -0.25) is 4.79 Å². The first-order valence-corrected chi connectivity index (χ1v) is 7.75. The van der Waals surface area contributed by atoms with Gasteiger partial charge in [0.25, 0.3) is 0 Å². The molecule has 1 heterocycles. The van der Waals surface area contributed by atoms with Crippen molar-refractivity contribution in [3.8, 4) is 0 Å². The van der Waals surface area contributed by atoms with Gasteiger partial charge >= 0.3 is 18.2 Å². The van der Waals surface area contributed by atoms with Crippen LogP contribution < -0.4 is 10.6 Å². The average Bonchev–Trinajstić information content (AvgIpc) is 2.53. The van der Waals surface area contributed by atoms with Crippen LogP contribution in [0.25, 0.3) is 5.70 Å². The number of benzene rings is 1. The lowest BCUT2D eigenvalue weighted by Gasteiger charge is -2.41. The fourth-order valence-electron chi connectivity index (χ4n) is 2.80. The predicted molar refractivity (Wildman–Crippen MR) is 85.7 cm³/mol. The number of carbonyl (C=O) groups is 3. The molecule has 0 spiro atoms. The zero-order valence-corrected chi connectivity index (χ0v) is 14.1. The second-order valence-electron chi connectivity index (χ2n) is 5.70. The summed E-state index contributed by atoms with van der Waals surface area (Å²) in [6.07, 6.45) is -6.24. The second kappa shape index (κ2) is 7.19. The van der Waals surface area contributed by atoms with Gasteiger partial charge < -0.3 is 15.4 Å². The molecule has 0 fully saturated rings. The molecule has 1 aromatic carbocycles. The van der Waals surface area contributed by atoms with Crippen molar-refractivity contribution in [2.45, 2.75) is 32.0 Å². The number of ether oxygens (including phenoxy) is 1. The number of rotatable bonds is 5. The zero-order valence-electron chi connectivity index (χ0n) is 14.1. The molecule has 0 radical (unpaired) electrons. The van der Waals surface area contributed by atoms with Crippen LogP contribution in [0.3, 0.4) is 0 Å². The topological polar surface area (TPSA) is 84.5 Å². The lowest BCUT2D eigenvalue weighted by atomic mass is 9.80. The number of alkyl halides is 3. The van der Waals surface area contributed by atoms with Crippen molar-refractivity contribution in [1.82, 2.24) is 10.6 Å². The van der Waals surface area contributed by atoms with Crippen molar-refractivity contribution in [1.29, 1.82) is 0 Å². The van der Waals surface area contributed by atoms with Crippen LogP contribution in [0.4, 0.5) is 18.0 Å². The minimum absolute atomic E-state index is 0.174. The van der Waals surface area contributed by atoms with Crippen molar-refractivity contribution in [3.05, 3.63) is 41.5 Å². The Morgan fingerprint density at radius 3 is 2.31 bits per heavy atom. The molecular weight excluding hydrogens is 353 g/mol. The molecule has 0 saturated heterocycles. The molecule has 0 unspecified atom stereocenters. The second-order valence-corrected chi connectivity index (χ2v) is 5.70. The van der Waals surface area contributed by atoms with Crippen LogP contribution in [0.5, 0.6) is 0 Å². The van der Waals surface area contributed by atoms with Crippen LogP contribution in [0.2, 0.25) is 0 Å². The van der Waals surface area contributed by atoms with E-state index in [2.05, 4.69) is 5.32 Å². The van der Waals surface area contributed by atoms with E-state index in [0.29, 0.717) is 0 Å². The van der Waals surface area contributed by atoms with Gasteiger partial charge in [0.05, 0.1) is 17.9 Å². The third-order valence-electron chi connectivity index (χ3n) is 3.78. The number of hydrogen-bond donors (Lipinski definition) is 2. The number of carbonyl (C=O) groups excluding carboxylic acids is 3. The molecule has 1 atom stereocenters. The third kappa shape index (κ3) is 3.56. The van der Waals surface area contributed by atoms with Crippen LogP contribution in [0.15, 0.2) is 35.9 Å². The van der Waals surface area contributed by atoms with Crippen molar-refractivity contribution in [2.75, 3.05) is 6.61 Å². The van der Waals surface area contributed by atoms with Gasteiger partial charge in [0, 0.05) is 6.42 Å². The first-order valence-electron chi connectivity index (χ1n) is 7.75. The summed E-state index contributed by atoms with van der Waals surface area (Å²) >= 11 is 0. The van der Waals surface area contributed by atoms with E-state index in [1.807, 2.05) is 0 Å². The monoisotopic (exact) mass is 370 g/mol. The zero-order chi connectivity index (χ0) is 19.5. The van der Waals surface area contributed by atoms with E-state index in [-0.39, 0.29) is 17.9 Å². The third-order valence-corrected chi connectivity index (χ3v) is 3.78. The van der Waals surface area contributed by atoms with E-state index in [0.717, 1.165) is 6.92 Å². The molecule has 140 valence electrons. The van der Waals surface area contributed by atoms with Crippen molar-refractivity contribution >= 4 is 23.5 Å². The van der Waals surface area contributed by atoms with Crippen molar-refractivity contribution in [3.63, 3.8) is 0 Å². The summed E-state index contributed by atoms with van der Waals surface area (Å²) in [6, 6.07) is 6.42. The van der Waals surface area contributed by atoms with E-state index < -0.39 is 41.5 Å². The highest BCUT2D eigenvalue weighted by molar-refractivity contribution is 6.06. The summed E-state index contributed by atoms with van der Waals surface area (Å²) in [7, 11) is 0. The summed E-state index contributed by atoms with van der Waals surface area (Å²) in [6.45, 7) is 2.22. The van der Waals surface area contributed by atoms with Gasteiger partial charge in [0.15, 0.2) is 5.54 Å². The highest BCUT2D eigenvalue weighted by Gasteiger charge is 2.63. The molecule has 6 nitrogen and oxygen atoms in total.